The quantitative estimate of drug-likeness (QED) is 0.170. The Morgan fingerprint density at radius 1 is 1.03 bits per heavy atom. The number of H-pyrrole nitrogens is 1. The second-order valence-corrected chi connectivity index (χ2v) is 8.70. The Morgan fingerprint density at radius 2 is 1.66 bits per heavy atom. The fourth-order valence-corrected chi connectivity index (χ4v) is 3.66. The van der Waals surface area contributed by atoms with E-state index in [2.05, 4.69) is 25.9 Å². The van der Waals surface area contributed by atoms with Crippen LogP contribution in [0.15, 0.2) is 36.8 Å². The molecule has 12 nitrogen and oxygen atoms in total. The lowest BCUT2D eigenvalue weighted by molar-refractivity contribution is -0.142. The number of aromatic hydroxyl groups is 1. The number of benzene rings is 1. The summed E-state index contributed by atoms with van der Waals surface area (Å²) >= 11 is 1.44. The van der Waals surface area contributed by atoms with Gasteiger partial charge in [-0.05, 0) is 36.1 Å². The fourth-order valence-electron chi connectivity index (χ4n) is 3.19. The third-order valence-corrected chi connectivity index (χ3v) is 5.69. The third kappa shape index (κ3) is 9.29. The Labute approximate surface area is 206 Å². The SMILES string of the molecule is CSCCC(NC(=O)C(Cc1ccc(O)cc1)NC(=O)C(Cc1cnc[nH]1)NC(=O)CN)C(=O)O. The number of amides is 3. The molecule has 35 heavy (non-hydrogen) atoms. The van der Waals surface area contributed by atoms with Crippen LogP contribution in [0.25, 0.3) is 0 Å². The van der Waals surface area contributed by atoms with Crippen molar-refractivity contribution in [1.82, 2.24) is 25.9 Å². The number of hydrogen-bond donors (Lipinski definition) is 7. The normalized spacial score (nSPS) is 13.3. The van der Waals surface area contributed by atoms with Crippen molar-refractivity contribution in [3.63, 3.8) is 0 Å². The minimum Gasteiger partial charge on any atom is -0.508 e. The molecule has 0 aliphatic rings. The maximum absolute atomic E-state index is 13.1. The summed E-state index contributed by atoms with van der Waals surface area (Å²) in [7, 11) is 0. The van der Waals surface area contributed by atoms with E-state index in [-0.39, 0.29) is 31.6 Å². The van der Waals surface area contributed by atoms with Gasteiger partial charge in [0, 0.05) is 24.7 Å². The first-order chi connectivity index (χ1) is 16.7. The molecule has 3 amide bonds. The number of carboxylic acids is 1. The average Bonchev–Trinajstić information content (AvgIpc) is 3.34. The molecule has 190 valence electrons. The molecule has 8 N–H and O–H groups in total. The summed E-state index contributed by atoms with van der Waals surface area (Å²) in [6, 6.07) is 2.70. The minimum atomic E-state index is -1.19. The van der Waals surface area contributed by atoms with Crippen molar-refractivity contribution in [2.75, 3.05) is 18.6 Å². The first kappa shape index (κ1) is 27.7. The summed E-state index contributed by atoms with van der Waals surface area (Å²) in [5, 5.41) is 26.6. The predicted molar refractivity (Wildman–Crippen MR) is 130 cm³/mol. The number of phenolic OH excluding ortho intramolecular Hbond substituents is 1. The number of rotatable bonds is 14. The molecule has 0 radical (unpaired) electrons. The molecule has 0 bridgehead atoms. The Bertz CT molecular complexity index is 985. The van der Waals surface area contributed by atoms with Gasteiger partial charge in [0.2, 0.25) is 17.7 Å². The molecule has 0 spiro atoms. The number of hydrogen-bond acceptors (Lipinski definition) is 8. The maximum atomic E-state index is 13.1. The van der Waals surface area contributed by atoms with Gasteiger partial charge < -0.3 is 36.9 Å². The van der Waals surface area contributed by atoms with E-state index in [1.165, 1.54) is 36.4 Å². The zero-order valence-corrected chi connectivity index (χ0v) is 20.0. The van der Waals surface area contributed by atoms with Crippen molar-refractivity contribution in [1.29, 1.82) is 0 Å². The highest BCUT2D eigenvalue weighted by Gasteiger charge is 2.30. The lowest BCUT2D eigenvalue weighted by atomic mass is 10.0. The first-order valence-electron chi connectivity index (χ1n) is 10.8. The number of phenols is 1. The predicted octanol–water partition coefficient (Wildman–Crippen LogP) is -0.849. The monoisotopic (exact) mass is 506 g/mol. The number of carbonyl (C=O) groups excluding carboxylic acids is 3. The van der Waals surface area contributed by atoms with Crippen molar-refractivity contribution in [3.8, 4) is 5.75 Å². The van der Waals surface area contributed by atoms with E-state index in [9.17, 15) is 29.4 Å². The van der Waals surface area contributed by atoms with Gasteiger partial charge in [0.05, 0.1) is 12.9 Å². The van der Waals surface area contributed by atoms with Crippen molar-refractivity contribution < 1.29 is 29.4 Å². The van der Waals surface area contributed by atoms with E-state index in [0.29, 0.717) is 17.0 Å². The van der Waals surface area contributed by atoms with Gasteiger partial charge >= 0.3 is 5.97 Å². The highest BCUT2D eigenvalue weighted by atomic mass is 32.2. The number of nitrogens with two attached hydrogens (primary N) is 1. The molecule has 0 fully saturated rings. The molecule has 0 aliphatic heterocycles. The summed E-state index contributed by atoms with van der Waals surface area (Å²) in [6.45, 7) is -0.333. The van der Waals surface area contributed by atoms with Crippen molar-refractivity contribution in [2.24, 2.45) is 5.73 Å². The van der Waals surface area contributed by atoms with E-state index >= 15 is 0 Å². The number of nitrogens with one attached hydrogen (secondary N) is 4. The Balaban J connectivity index is 2.24. The molecule has 3 atom stereocenters. The van der Waals surface area contributed by atoms with Crippen molar-refractivity contribution in [3.05, 3.63) is 48.0 Å². The van der Waals surface area contributed by atoms with Gasteiger partial charge in [-0.3, -0.25) is 14.4 Å². The lowest BCUT2D eigenvalue weighted by Gasteiger charge is -2.24. The van der Waals surface area contributed by atoms with Gasteiger partial charge in [0.1, 0.15) is 23.9 Å². The van der Waals surface area contributed by atoms with E-state index in [1.54, 1.807) is 12.1 Å². The second kappa shape index (κ2) is 14.0. The van der Waals surface area contributed by atoms with Crippen LogP contribution in [0.4, 0.5) is 0 Å². The van der Waals surface area contributed by atoms with Crippen LogP contribution in [0.5, 0.6) is 5.75 Å². The molecule has 0 aliphatic carbocycles. The topological polar surface area (TPSA) is 200 Å². The smallest absolute Gasteiger partial charge is 0.326 e. The van der Waals surface area contributed by atoms with Gasteiger partial charge in [-0.25, -0.2) is 9.78 Å². The minimum absolute atomic E-state index is 0.0222. The fraction of sp³-hybridized carbons (Fsp3) is 0.409. The average molecular weight is 507 g/mol. The van der Waals surface area contributed by atoms with Crippen LogP contribution in [0.1, 0.15) is 17.7 Å². The molecule has 1 aromatic heterocycles. The Morgan fingerprint density at radius 3 is 2.20 bits per heavy atom. The number of carboxylic acid groups (broad SMARTS) is 1. The summed E-state index contributed by atoms with van der Waals surface area (Å²) < 4.78 is 0. The second-order valence-electron chi connectivity index (χ2n) is 7.72. The molecule has 0 saturated carbocycles. The molecule has 1 aromatic carbocycles. The number of thioether (sulfide) groups is 1. The molecular formula is C22H30N6O6S. The van der Waals surface area contributed by atoms with E-state index in [0.717, 1.165) is 0 Å². The summed E-state index contributed by atoms with van der Waals surface area (Å²) in [5.74, 6) is -2.54. The van der Waals surface area contributed by atoms with Gasteiger partial charge in [0.25, 0.3) is 0 Å². The van der Waals surface area contributed by atoms with E-state index in [1.807, 2.05) is 6.26 Å². The molecule has 0 saturated heterocycles. The molecule has 1 heterocycles. The third-order valence-electron chi connectivity index (χ3n) is 5.05. The van der Waals surface area contributed by atoms with Crippen LogP contribution >= 0.6 is 11.8 Å². The number of imidazole rings is 1. The van der Waals surface area contributed by atoms with E-state index in [4.69, 9.17) is 5.73 Å². The number of nitrogens with zero attached hydrogens (tertiary/aromatic N) is 1. The Kier molecular flexibility index (Phi) is 11.0. The largest absolute Gasteiger partial charge is 0.508 e. The van der Waals surface area contributed by atoms with Gasteiger partial charge in [-0.2, -0.15) is 11.8 Å². The highest BCUT2D eigenvalue weighted by molar-refractivity contribution is 7.98. The zero-order chi connectivity index (χ0) is 25.8. The number of aromatic amines is 1. The summed E-state index contributed by atoms with van der Waals surface area (Å²) in [6.07, 6.45) is 5.04. The van der Waals surface area contributed by atoms with Crippen LogP contribution < -0.4 is 21.7 Å². The Hall–Kier alpha value is -3.58. The summed E-state index contributed by atoms with van der Waals surface area (Å²) in [5.41, 5.74) is 6.57. The van der Waals surface area contributed by atoms with Crippen LogP contribution in [0, 0.1) is 0 Å². The van der Waals surface area contributed by atoms with Gasteiger partial charge in [-0.15, -0.1) is 0 Å². The molecule has 2 rings (SSSR count). The molecule has 2 aromatic rings. The standard InChI is InChI=1S/C22H30N6O6S/c1-35-7-6-16(22(33)34)27-20(31)17(8-13-2-4-15(29)5-3-13)28-21(32)18(26-19(30)10-23)9-14-11-24-12-25-14/h2-5,11-12,16-18,29H,6-10,23H2,1H3,(H,24,25)(H,26,30)(H,27,31)(H,28,32)(H,33,34). The number of aliphatic carboxylic acids is 1. The molecule has 13 heteroatoms. The van der Waals surface area contributed by atoms with E-state index < -0.39 is 41.8 Å². The van der Waals surface area contributed by atoms with Crippen molar-refractivity contribution in [2.45, 2.75) is 37.4 Å². The first-order valence-corrected chi connectivity index (χ1v) is 12.2. The van der Waals surface area contributed by atoms with Crippen LogP contribution in [0.3, 0.4) is 0 Å². The summed E-state index contributed by atoms with van der Waals surface area (Å²) in [4.78, 5) is 56.5. The maximum Gasteiger partial charge on any atom is 0.326 e. The molecular weight excluding hydrogens is 476 g/mol. The molecule has 3 unspecified atom stereocenters. The zero-order valence-electron chi connectivity index (χ0n) is 19.2. The van der Waals surface area contributed by atoms with Crippen molar-refractivity contribution >= 4 is 35.5 Å². The van der Waals surface area contributed by atoms with Crippen LogP contribution in [-0.2, 0) is 32.0 Å². The van der Waals surface area contributed by atoms with Crippen LogP contribution in [0.2, 0.25) is 0 Å². The number of aromatic nitrogens is 2. The van der Waals surface area contributed by atoms with Gasteiger partial charge in [-0.1, -0.05) is 12.1 Å². The van der Waals surface area contributed by atoms with Crippen LogP contribution in [-0.4, -0.2) is 80.6 Å². The number of carbonyl (C=O) groups is 4. The highest BCUT2D eigenvalue weighted by Crippen LogP contribution is 2.12. The lowest BCUT2D eigenvalue weighted by Crippen LogP contribution is -2.57. The van der Waals surface area contributed by atoms with Gasteiger partial charge in [0.15, 0.2) is 0 Å².